The highest BCUT2D eigenvalue weighted by molar-refractivity contribution is 4.84. The zero-order valence-electron chi connectivity index (χ0n) is 8.55. The van der Waals surface area contributed by atoms with Gasteiger partial charge in [-0.3, -0.25) is 0 Å². The zero-order chi connectivity index (χ0) is 9.07. The van der Waals surface area contributed by atoms with Crippen molar-refractivity contribution in [3.05, 3.63) is 24.3 Å². The van der Waals surface area contributed by atoms with Gasteiger partial charge in [0.05, 0.1) is 0 Å². The fraction of sp³-hybridized carbons (Fsp3) is 0.667. The van der Waals surface area contributed by atoms with Crippen molar-refractivity contribution >= 4 is 0 Å². The van der Waals surface area contributed by atoms with E-state index < -0.39 is 0 Å². The lowest BCUT2D eigenvalue weighted by Crippen LogP contribution is -1.69. The maximum absolute atomic E-state index is 2.31. The van der Waals surface area contributed by atoms with Gasteiger partial charge in [-0.1, -0.05) is 44.6 Å². The Balaban J connectivity index is 3.04. The van der Waals surface area contributed by atoms with Crippen LogP contribution in [0, 0.1) is 0 Å². The normalized spacial score (nSPS) is 11.8. The van der Waals surface area contributed by atoms with E-state index in [2.05, 4.69) is 38.2 Å². The van der Waals surface area contributed by atoms with Crippen LogP contribution in [0.4, 0.5) is 0 Å². The minimum absolute atomic E-state index is 1.17. The lowest BCUT2D eigenvalue weighted by molar-refractivity contribution is 0.856. The van der Waals surface area contributed by atoms with Crippen LogP contribution in [-0.4, -0.2) is 0 Å². The van der Waals surface area contributed by atoms with Crippen molar-refractivity contribution in [3.8, 4) is 0 Å². The highest BCUT2D eigenvalue weighted by Crippen LogP contribution is 1.99. The third-order valence-electron chi connectivity index (χ3n) is 1.77. The van der Waals surface area contributed by atoms with Crippen LogP contribution in [0.3, 0.4) is 0 Å². The van der Waals surface area contributed by atoms with Crippen molar-refractivity contribution in [2.24, 2.45) is 0 Å². The van der Waals surface area contributed by atoms with Gasteiger partial charge in [0.2, 0.25) is 0 Å². The number of unbranched alkanes of at least 4 members (excludes halogenated alkanes) is 3. The molecule has 0 atom stereocenters. The van der Waals surface area contributed by atoms with Gasteiger partial charge >= 0.3 is 0 Å². The Bertz CT molecular complexity index is 120. The van der Waals surface area contributed by atoms with E-state index in [0.29, 0.717) is 0 Å². The second kappa shape index (κ2) is 10.5. The largest absolute Gasteiger partial charge is 0.0888 e. The second-order valence-corrected chi connectivity index (χ2v) is 3.07. The first-order valence-corrected chi connectivity index (χ1v) is 5.21. The predicted octanol–water partition coefficient (Wildman–Crippen LogP) is 4.48. The molecule has 0 radical (unpaired) electrons. The smallest absolute Gasteiger partial charge is 0.0348 e. The Morgan fingerprint density at radius 1 is 0.750 bits per heavy atom. The van der Waals surface area contributed by atoms with Crippen LogP contribution in [0.2, 0.25) is 0 Å². The first-order valence-electron chi connectivity index (χ1n) is 5.21. The lowest BCUT2D eigenvalue weighted by atomic mass is 10.2. The first-order chi connectivity index (χ1) is 5.91. The molecule has 0 spiro atoms. The van der Waals surface area contributed by atoms with Crippen LogP contribution >= 0.6 is 0 Å². The summed E-state index contributed by atoms with van der Waals surface area (Å²) in [5.41, 5.74) is 0. The van der Waals surface area contributed by atoms with Gasteiger partial charge in [0.15, 0.2) is 0 Å². The maximum Gasteiger partial charge on any atom is -0.0348 e. The summed E-state index contributed by atoms with van der Waals surface area (Å²) in [5.74, 6) is 0. The van der Waals surface area contributed by atoms with Crippen LogP contribution in [0.1, 0.15) is 52.4 Å². The average molecular weight is 166 g/mol. The highest BCUT2D eigenvalue weighted by atomic mass is 13.9. The highest BCUT2D eigenvalue weighted by Gasteiger charge is 1.79. The Hall–Kier alpha value is -0.520. The molecule has 70 valence electrons. The van der Waals surface area contributed by atoms with Crippen molar-refractivity contribution in [1.29, 1.82) is 0 Å². The molecule has 0 aromatic heterocycles. The van der Waals surface area contributed by atoms with E-state index in [0.717, 1.165) is 0 Å². The van der Waals surface area contributed by atoms with Gasteiger partial charge in [0.25, 0.3) is 0 Å². The quantitative estimate of drug-likeness (QED) is 0.386. The topological polar surface area (TPSA) is 0 Å². The average Bonchev–Trinajstić information content (AvgIpc) is 2.10. The molecule has 0 aromatic carbocycles. The van der Waals surface area contributed by atoms with E-state index in [1.807, 2.05) is 0 Å². The molecular formula is C12H22. The molecule has 0 saturated heterocycles. The molecule has 12 heavy (non-hydrogen) atoms. The van der Waals surface area contributed by atoms with Crippen LogP contribution in [0.25, 0.3) is 0 Å². The Labute approximate surface area is 77.4 Å². The molecule has 0 aliphatic heterocycles. The summed E-state index contributed by atoms with van der Waals surface area (Å²) < 4.78 is 0. The Morgan fingerprint density at radius 3 is 1.92 bits per heavy atom. The monoisotopic (exact) mass is 166 g/mol. The molecule has 0 aliphatic carbocycles. The van der Waals surface area contributed by atoms with Gasteiger partial charge in [-0.2, -0.15) is 0 Å². The summed E-state index contributed by atoms with van der Waals surface area (Å²) >= 11 is 0. The summed E-state index contributed by atoms with van der Waals surface area (Å²) in [6, 6.07) is 0. The number of rotatable bonds is 7. The minimum atomic E-state index is 1.17. The SMILES string of the molecule is CC/C=C/CCCC=CCCC. The van der Waals surface area contributed by atoms with Crippen LogP contribution < -0.4 is 0 Å². The number of hydrogen-bond acceptors (Lipinski definition) is 0. The van der Waals surface area contributed by atoms with Gasteiger partial charge in [0.1, 0.15) is 0 Å². The van der Waals surface area contributed by atoms with E-state index in [1.54, 1.807) is 0 Å². The van der Waals surface area contributed by atoms with Gasteiger partial charge < -0.3 is 0 Å². The predicted molar refractivity (Wildman–Crippen MR) is 57.3 cm³/mol. The summed E-state index contributed by atoms with van der Waals surface area (Å²) in [4.78, 5) is 0. The molecular weight excluding hydrogens is 144 g/mol. The van der Waals surface area contributed by atoms with Crippen molar-refractivity contribution in [2.75, 3.05) is 0 Å². The second-order valence-electron chi connectivity index (χ2n) is 3.07. The summed E-state index contributed by atoms with van der Waals surface area (Å²) in [6.07, 6.45) is 16.6. The Kier molecular flexibility index (Phi) is 10.0. The zero-order valence-corrected chi connectivity index (χ0v) is 8.55. The minimum Gasteiger partial charge on any atom is -0.0888 e. The van der Waals surface area contributed by atoms with E-state index in [1.165, 1.54) is 38.5 Å². The molecule has 0 unspecified atom stereocenters. The number of allylic oxidation sites excluding steroid dienone is 4. The van der Waals surface area contributed by atoms with Crippen molar-refractivity contribution in [1.82, 2.24) is 0 Å². The molecule has 0 bridgehead atoms. The molecule has 0 nitrogen and oxygen atoms in total. The summed E-state index contributed by atoms with van der Waals surface area (Å²) in [5, 5.41) is 0. The van der Waals surface area contributed by atoms with Gasteiger partial charge in [-0.25, -0.2) is 0 Å². The molecule has 0 rings (SSSR count). The third kappa shape index (κ3) is 9.48. The molecule has 0 aliphatic rings. The fourth-order valence-electron chi connectivity index (χ4n) is 1.04. The van der Waals surface area contributed by atoms with E-state index in [9.17, 15) is 0 Å². The third-order valence-corrected chi connectivity index (χ3v) is 1.77. The molecule has 0 fully saturated rings. The van der Waals surface area contributed by atoms with E-state index in [4.69, 9.17) is 0 Å². The fourth-order valence-corrected chi connectivity index (χ4v) is 1.04. The van der Waals surface area contributed by atoms with Crippen LogP contribution in [0.5, 0.6) is 0 Å². The van der Waals surface area contributed by atoms with Gasteiger partial charge in [-0.05, 0) is 32.1 Å². The maximum atomic E-state index is 2.31. The first kappa shape index (κ1) is 11.5. The van der Waals surface area contributed by atoms with Gasteiger partial charge in [0, 0.05) is 0 Å². The Morgan fingerprint density at radius 2 is 1.33 bits per heavy atom. The molecule has 0 amide bonds. The van der Waals surface area contributed by atoms with Crippen LogP contribution in [0.15, 0.2) is 24.3 Å². The van der Waals surface area contributed by atoms with E-state index >= 15 is 0 Å². The molecule has 0 aromatic rings. The summed E-state index contributed by atoms with van der Waals surface area (Å²) in [6.45, 7) is 4.39. The molecule has 0 saturated carbocycles. The van der Waals surface area contributed by atoms with Crippen molar-refractivity contribution < 1.29 is 0 Å². The van der Waals surface area contributed by atoms with E-state index in [-0.39, 0.29) is 0 Å². The van der Waals surface area contributed by atoms with Crippen LogP contribution in [-0.2, 0) is 0 Å². The molecule has 0 heterocycles. The number of hydrogen-bond donors (Lipinski definition) is 0. The summed E-state index contributed by atoms with van der Waals surface area (Å²) in [7, 11) is 0. The molecule has 0 heteroatoms. The van der Waals surface area contributed by atoms with Crippen molar-refractivity contribution in [3.63, 3.8) is 0 Å². The molecule has 0 N–H and O–H groups in total. The van der Waals surface area contributed by atoms with Crippen molar-refractivity contribution in [2.45, 2.75) is 52.4 Å². The standard InChI is InChI=1S/C12H22/c1-3-5-7-9-11-12-10-8-6-4-2/h5,7-8,10H,3-4,6,9,11-12H2,1-2H3/b7-5+,10-8?. The lowest BCUT2D eigenvalue weighted by Gasteiger charge is -1.89. The van der Waals surface area contributed by atoms with Gasteiger partial charge in [-0.15, -0.1) is 0 Å².